The SMILES string of the molecule is CC1CCCCN1Cc1c(-c2ccc([N+](=O)[O-])cc2)nc2ccc(N)cn12. The molecule has 1 aliphatic rings. The van der Waals surface area contributed by atoms with E-state index in [1.807, 2.05) is 22.7 Å². The van der Waals surface area contributed by atoms with Crippen molar-refractivity contribution in [2.75, 3.05) is 12.3 Å². The normalized spacial score (nSPS) is 18.0. The number of pyridine rings is 1. The Morgan fingerprint density at radius 3 is 2.70 bits per heavy atom. The molecule has 0 radical (unpaired) electrons. The van der Waals surface area contributed by atoms with Crippen LogP contribution in [0.3, 0.4) is 0 Å². The number of fused-ring (bicyclic) bond motifs is 1. The van der Waals surface area contributed by atoms with Gasteiger partial charge in [0.1, 0.15) is 5.65 Å². The summed E-state index contributed by atoms with van der Waals surface area (Å²) >= 11 is 0. The molecule has 0 bridgehead atoms. The summed E-state index contributed by atoms with van der Waals surface area (Å²) in [6.07, 6.45) is 5.58. The van der Waals surface area contributed by atoms with Crippen LogP contribution >= 0.6 is 0 Å². The van der Waals surface area contributed by atoms with Crippen LogP contribution in [0.4, 0.5) is 11.4 Å². The number of aromatic nitrogens is 2. The van der Waals surface area contributed by atoms with Crippen LogP contribution in [0.15, 0.2) is 42.6 Å². The highest BCUT2D eigenvalue weighted by molar-refractivity contribution is 5.68. The lowest BCUT2D eigenvalue weighted by molar-refractivity contribution is -0.384. The summed E-state index contributed by atoms with van der Waals surface area (Å²) in [7, 11) is 0. The van der Waals surface area contributed by atoms with Gasteiger partial charge in [-0.1, -0.05) is 6.42 Å². The van der Waals surface area contributed by atoms with E-state index in [0.717, 1.165) is 35.7 Å². The standard InChI is InChI=1S/C20H23N5O2/c1-14-4-2-3-11-23(14)13-18-20(15-5-8-17(9-6-15)25(26)27)22-19-10-7-16(21)12-24(18)19/h5-10,12,14H,2-4,11,13,21H2,1H3. The van der Waals surface area contributed by atoms with Crippen molar-refractivity contribution in [1.29, 1.82) is 0 Å². The number of hydrogen-bond donors (Lipinski definition) is 1. The van der Waals surface area contributed by atoms with E-state index in [1.165, 1.54) is 31.4 Å². The quantitative estimate of drug-likeness (QED) is 0.560. The van der Waals surface area contributed by atoms with Gasteiger partial charge in [0.05, 0.1) is 16.3 Å². The number of nitro benzene ring substituents is 1. The van der Waals surface area contributed by atoms with Gasteiger partial charge in [-0.15, -0.1) is 0 Å². The molecule has 2 aromatic heterocycles. The Bertz CT molecular complexity index is 980. The molecule has 3 heterocycles. The summed E-state index contributed by atoms with van der Waals surface area (Å²) in [5.41, 5.74) is 10.4. The number of benzene rings is 1. The van der Waals surface area contributed by atoms with Crippen LogP contribution in [0.2, 0.25) is 0 Å². The first kappa shape index (κ1) is 17.5. The Hall–Kier alpha value is -2.93. The number of rotatable bonds is 4. The van der Waals surface area contributed by atoms with Crippen LogP contribution in [0.1, 0.15) is 31.9 Å². The summed E-state index contributed by atoms with van der Waals surface area (Å²) < 4.78 is 2.05. The minimum Gasteiger partial charge on any atom is -0.398 e. The van der Waals surface area contributed by atoms with E-state index in [0.29, 0.717) is 11.7 Å². The Kier molecular flexibility index (Phi) is 4.53. The monoisotopic (exact) mass is 365 g/mol. The molecule has 1 fully saturated rings. The number of nitrogen functional groups attached to an aromatic ring is 1. The first-order valence-electron chi connectivity index (χ1n) is 9.28. The minimum absolute atomic E-state index is 0.0814. The van der Waals surface area contributed by atoms with Crippen molar-refractivity contribution in [3.05, 3.63) is 58.4 Å². The summed E-state index contributed by atoms with van der Waals surface area (Å²) in [6, 6.07) is 10.9. The van der Waals surface area contributed by atoms with Gasteiger partial charge < -0.3 is 10.1 Å². The Balaban J connectivity index is 1.80. The van der Waals surface area contributed by atoms with E-state index in [4.69, 9.17) is 10.7 Å². The van der Waals surface area contributed by atoms with E-state index in [1.54, 1.807) is 12.1 Å². The van der Waals surface area contributed by atoms with Crippen LogP contribution in [0.5, 0.6) is 0 Å². The third-order valence-electron chi connectivity index (χ3n) is 5.39. The van der Waals surface area contributed by atoms with Crippen molar-refractivity contribution in [3.8, 4) is 11.3 Å². The van der Waals surface area contributed by atoms with Gasteiger partial charge in [-0.3, -0.25) is 15.0 Å². The zero-order valence-corrected chi connectivity index (χ0v) is 15.3. The predicted molar refractivity (Wildman–Crippen MR) is 105 cm³/mol. The second kappa shape index (κ2) is 7.00. The van der Waals surface area contributed by atoms with Crippen LogP contribution in [0, 0.1) is 10.1 Å². The molecule has 1 aromatic carbocycles. The van der Waals surface area contributed by atoms with Crippen LogP contribution in [-0.2, 0) is 6.54 Å². The lowest BCUT2D eigenvalue weighted by Crippen LogP contribution is -2.37. The number of anilines is 1. The smallest absolute Gasteiger partial charge is 0.269 e. The molecule has 2 N–H and O–H groups in total. The fraction of sp³-hybridized carbons (Fsp3) is 0.350. The molecule has 7 nitrogen and oxygen atoms in total. The summed E-state index contributed by atoms with van der Waals surface area (Å²) in [6.45, 7) is 4.11. The molecule has 7 heteroatoms. The van der Waals surface area contributed by atoms with Gasteiger partial charge in [-0.25, -0.2) is 4.98 Å². The Morgan fingerprint density at radius 2 is 2.00 bits per heavy atom. The molecule has 4 rings (SSSR count). The third-order valence-corrected chi connectivity index (χ3v) is 5.39. The molecule has 140 valence electrons. The van der Waals surface area contributed by atoms with Gasteiger partial charge in [0.25, 0.3) is 5.69 Å². The molecule has 1 saturated heterocycles. The van der Waals surface area contributed by atoms with Crippen molar-refractivity contribution >= 4 is 17.0 Å². The van der Waals surface area contributed by atoms with Crippen molar-refractivity contribution < 1.29 is 4.92 Å². The van der Waals surface area contributed by atoms with Gasteiger partial charge in [0.15, 0.2) is 0 Å². The summed E-state index contributed by atoms with van der Waals surface area (Å²) in [5, 5.41) is 11.0. The van der Waals surface area contributed by atoms with Gasteiger partial charge in [0.2, 0.25) is 0 Å². The highest BCUT2D eigenvalue weighted by atomic mass is 16.6. The lowest BCUT2D eigenvalue weighted by Gasteiger charge is -2.33. The predicted octanol–water partition coefficient (Wildman–Crippen LogP) is 3.87. The molecule has 3 aromatic rings. The van der Waals surface area contributed by atoms with Crippen molar-refractivity contribution in [1.82, 2.24) is 14.3 Å². The summed E-state index contributed by atoms with van der Waals surface area (Å²) in [4.78, 5) is 17.9. The second-order valence-electron chi connectivity index (χ2n) is 7.22. The Labute approximate surface area is 157 Å². The zero-order valence-electron chi connectivity index (χ0n) is 15.3. The molecule has 1 aliphatic heterocycles. The number of imidazole rings is 1. The molecule has 1 atom stereocenters. The third kappa shape index (κ3) is 3.38. The molecule has 1 unspecified atom stereocenters. The van der Waals surface area contributed by atoms with Crippen molar-refractivity contribution in [2.24, 2.45) is 0 Å². The number of hydrogen-bond acceptors (Lipinski definition) is 5. The highest BCUT2D eigenvalue weighted by Crippen LogP contribution is 2.29. The Morgan fingerprint density at radius 1 is 1.22 bits per heavy atom. The molecule has 0 saturated carbocycles. The highest BCUT2D eigenvalue weighted by Gasteiger charge is 2.23. The fourth-order valence-corrected chi connectivity index (χ4v) is 3.82. The molecular formula is C20H23N5O2. The first-order valence-corrected chi connectivity index (χ1v) is 9.28. The van der Waals surface area contributed by atoms with Gasteiger partial charge in [0, 0.05) is 42.2 Å². The molecule has 0 amide bonds. The lowest BCUT2D eigenvalue weighted by atomic mass is 10.0. The second-order valence-corrected chi connectivity index (χ2v) is 7.22. The summed E-state index contributed by atoms with van der Waals surface area (Å²) in [5.74, 6) is 0. The minimum atomic E-state index is -0.384. The van der Waals surface area contributed by atoms with Crippen molar-refractivity contribution in [2.45, 2.75) is 38.8 Å². The number of likely N-dealkylation sites (tertiary alicyclic amines) is 1. The number of nitrogens with two attached hydrogens (primary N) is 1. The fourth-order valence-electron chi connectivity index (χ4n) is 3.82. The number of nitrogens with zero attached hydrogens (tertiary/aromatic N) is 4. The number of nitro groups is 1. The maximum atomic E-state index is 11.0. The topological polar surface area (TPSA) is 89.7 Å². The van der Waals surface area contributed by atoms with E-state index < -0.39 is 0 Å². The van der Waals surface area contributed by atoms with E-state index in [9.17, 15) is 10.1 Å². The van der Waals surface area contributed by atoms with E-state index in [-0.39, 0.29) is 10.6 Å². The van der Waals surface area contributed by atoms with Gasteiger partial charge >= 0.3 is 0 Å². The zero-order chi connectivity index (χ0) is 19.0. The maximum absolute atomic E-state index is 11.0. The number of piperidine rings is 1. The van der Waals surface area contributed by atoms with Gasteiger partial charge in [-0.2, -0.15) is 0 Å². The molecule has 0 spiro atoms. The van der Waals surface area contributed by atoms with Gasteiger partial charge in [-0.05, 0) is 50.6 Å². The van der Waals surface area contributed by atoms with Crippen LogP contribution in [-0.4, -0.2) is 31.8 Å². The van der Waals surface area contributed by atoms with E-state index in [2.05, 4.69) is 11.8 Å². The molecule has 0 aliphatic carbocycles. The van der Waals surface area contributed by atoms with Crippen LogP contribution < -0.4 is 5.73 Å². The van der Waals surface area contributed by atoms with Crippen molar-refractivity contribution in [3.63, 3.8) is 0 Å². The first-order chi connectivity index (χ1) is 13.0. The maximum Gasteiger partial charge on any atom is 0.269 e. The average molecular weight is 365 g/mol. The van der Waals surface area contributed by atoms with E-state index >= 15 is 0 Å². The average Bonchev–Trinajstić information content (AvgIpc) is 3.01. The molecule has 27 heavy (non-hydrogen) atoms. The number of non-ortho nitro benzene ring substituents is 1. The largest absolute Gasteiger partial charge is 0.398 e. The molecular weight excluding hydrogens is 342 g/mol. The van der Waals surface area contributed by atoms with Crippen LogP contribution in [0.25, 0.3) is 16.9 Å².